The van der Waals surface area contributed by atoms with E-state index in [1.54, 1.807) is 0 Å². The molecule has 0 heterocycles. The minimum Gasteiger partial charge on any atom is -0.345 e. The highest BCUT2D eigenvalue weighted by Gasteiger charge is 2.23. The number of nitrogens with one attached hydrogen (secondary N) is 2. The van der Waals surface area contributed by atoms with E-state index in [1.165, 1.54) is 13.8 Å². The third-order valence-electron chi connectivity index (χ3n) is 3.40. The summed E-state index contributed by atoms with van der Waals surface area (Å²) in [5, 5.41) is 5.36. The van der Waals surface area contributed by atoms with Crippen LogP contribution in [0.5, 0.6) is 0 Å². The highest BCUT2D eigenvalue weighted by atomic mass is 16.2. The zero-order chi connectivity index (χ0) is 17.0. The molecule has 0 aromatic carbocycles. The SMILES string of the molecule is CC(=O)NC(CCCCN)C(=O)NC(CCCCN)C(C)=O. The van der Waals surface area contributed by atoms with Crippen LogP contribution in [-0.4, -0.2) is 42.8 Å². The largest absolute Gasteiger partial charge is 0.345 e. The molecule has 2 amide bonds. The van der Waals surface area contributed by atoms with E-state index >= 15 is 0 Å². The van der Waals surface area contributed by atoms with Crippen molar-refractivity contribution in [2.45, 2.75) is 64.5 Å². The zero-order valence-corrected chi connectivity index (χ0v) is 13.7. The van der Waals surface area contributed by atoms with Crippen LogP contribution in [-0.2, 0) is 14.4 Å². The van der Waals surface area contributed by atoms with Crippen molar-refractivity contribution >= 4 is 17.6 Å². The second-order valence-electron chi connectivity index (χ2n) is 5.49. The van der Waals surface area contributed by atoms with Gasteiger partial charge in [-0.3, -0.25) is 14.4 Å². The molecule has 2 unspecified atom stereocenters. The Balaban J connectivity index is 4.58. The predicted octanol–water partition coefficient (Wildman–Crippen LogP) is -0.177. The minimum atomic E-state index is -0.625. The lowest BCUT2D eigenvalue weighted by Crippen LogP contribution is -2.50. The first-order chi connectivity index (χ1) is 10.4. The first-order valence-corrected chi connectivity index (χ1v) is 7.90. The Morgan fingerprint density at radius 1 is 0.818 bits per heavy atom. The van der Waals surface area contributed by atoms with E-state index in [4.69, 9.17) is 11.5 Å². The highest BCUT2D eigenvalue weighted by Crippen LogP contribution is 2.05. The third kappa shape index (κ3) is 9.46. The third-order valence-corrected chi connectivity index (χ3v) is 3.40. The fourth-order valence-electron chi connectivity index (χ4n) is 2.15. The normalized spacial score (nSPS) is 13.3. The number of unbranched alkanes of at least 4 members (excludes halogenated alkanes) is 2. The molecule has 0 aromatic heterocycles. The maximum absolute atomic E-state index is 12.3. The number of carbonyl (C=O) groups is 3. The molecule has 0 saturated heterocycles. The smallest absolute Gasteiger partial charge is 0.243 e. The Labute approximate surface area is 132 Å². The van der Waals surface area contributed by atoms with Crippen molar-refractivity contribution in [1.29, 1.82) is 0 Å². The summed E-state index contributed by atoms with van der Waals surface area (Å²) in [6.45, 7) is 3.93. The van der Waals surface area contributed by atoms with Crippen molar-refractivity contribution < 1.29 is 14.4 Å². The molecule has 0 aliphatic rings. The fourth-order valence-corrected chi connectivity index (χ4v) is 2.15. The van der Waals surface area contributed by atoms with Crippen LogP contribution in [0.25, 0.3) is 0 Å². The number of rotatable bonds is 12. The molecule has 0 saturated carbocycles. The minimum absolute atomic E-state index is 0.0890. The molecule has 6 N–H and O–H groups in total. The van der Waals surface area contributed by atoms with Crippen LogP contribution in [0.4, 0.5) is 0 Å². The fraction of sp³-hybridized carbons (Fsp3) is 0.800. The zero-order valence-electron chi connectivity index (χ0n) is 13.7. The van der Waals surface area contributed by atoms with E-state index in [0.29, 0.717) is 25.9 Å². The molecule has 0 aromatic rings. The van der Waals surface area contributed by atoms with Gasteiger partial charge in [-0.2, -0.15) is 0 Å². The Morgan fingerprint density at radius 2 is 1.32 bits per heavy atom. The van der Waals surface area contributed by atoms with Crippen molar-refractivity contribution in [3.8, 4) is 0 Å². The summed E-state index contributed by atoms with van der Waals surface area (Å²) in [6, 6.07) is -1.15. The molecule has 0 radical (unpaired) electrons. The lowest BCUT2D eigenvalue weighted by atomic mass is 10.0. The summed E-state index contributed by atoms with van der Waals surface area (Å²) >= 11 is 0. The lowest BCUT2D eigenvalue weighted by molar-refractivity contribution is -0.130. The number of nitrogens with two attached hydrogens (primary N) is 2. The van der Waals surface area contributed by atoms with E-state index in [-0.39, 0.29) is 17.6 Å². The monoisotopic (exact) mass is 314 g/mol. The van der Waals surface area contributed by atoms with Crippen molar-refractivity contribution in [3.63, 3.8) is 0 Å². The number of hydrogen-bond donors (Lipinski definition) is 4. The highest BCUT2D eigenvalue weighted by molar-refractivity contribution is 5.91. The maximum Gasteiger partial charge on any atom is 0.243 e. The number of Topliss-reactive ketones (excluding diaryl/α,β-unsaturated/α-hetero) is 1. The van der Waals surface area contributed by atoms with Crippen LogP contribution in [0.1, 0.15) is 52.4 Å². The van der Waals surface area contributed by atoms with Gasteiger partial charge in [0.2, 0.25) is 11.8 Å². The van der Waals surface area contributed by atoms with Gasteiger partial charge in [-0.15, -0.1) is 0 Å². The predicted molar refractivity (Wildman–Crippen MR) is 86.0 cm³/mol. The molecule has 7 heteroatoms. The summed E-state index contributed by atoms with van der Waals surface area (Å²) < 4.78 is 0. The lowest BCUT2D eigenvalue weighted by Gasteiger charge is -2.21. The van der Waals surface area contributed by atoms with Crippen LogP contribution in [0.3, 0.4) is 0 Å². The molecule has 0 rings (SSSR count). The van der Waals surface area contributed by atoms with Gasteiger partial charge in [-0.05, 0) is 58.5 Å². The van der Waals surface area contributed by atoms with Gasteiger partial charge in [-0.1, -0.05) is 0 Å². The average molecular weight is 314 g/mol. The van der Waals surface area contributed by atoms with Crippen molar-refractivity contribution in [3.05, 3.63) is 0 Å². The summed E-state index contributed by atoms with van der Waals surface area (Å²) in [6.07, 6.45) is 4.19. The van der Waals surface area contributed by atoms with E-state index < -0.39 is 12.1 Å². The van der Waals surface area contributed by atoms with Crippen LogP contribution in [0.15, 0.2) is 0 Å². The maximum atomic E-state index is 12.3. The Hall–Kier alpha value is -1.47. The van der Waals surface area contributed by atoms with Gasteiger partial charge in [0.05, 0.1) is 6.04 Å². The first-order valence-electron chi connectivity index (χ1n) is 7.90. The molecule has 0 spiro atoms. The topological polar surface area (TPSA) is 127 Å². The van der Waals surface area contributed by atoms with Gasteiger partial charge >= 0.3 is 0 Å². The van der Waals surface area contributed by atoms with E-state index in [2.05, 4.69) is 10.6 Å². The van der Waals surface area contributed by atoms with E-state index in [0.717, 1.165) is 25.7 Å². The number of carbonyl (C=O) groups excluding carboxylic acids is 3. The Kier molecular flexibility index (Phi) is 11.3. The first kappa shape index (κ1) is 20.5. The van der Waals surface area contributed by atoms with Gasteiger partial charge in [0.1, 0.15) is 6.04 Å². The molecule has 2 atom stereocenters. The molecule has 128 valence electrons. The molecule has 7 nitrogen and oxygen atoms in total. The molecular formula is C15H30N4O3. The van der Waals surface area contributed by atoms with Crippen LogP contribution >= 0.6 is 0 Å². The molecular weight excluding hydrogens is 284 g/mol. The molecule has 0 bridgehead atoms. The van der Waals surface area contributed by atoms with Gasteiger partial charge in [0.15, 0.2) is 5.78 Å². The van der Waals surface area contributed by atoms with Crippen LogP contribution in [0.2, 0.25) is 0 Å². The number of amides is 2. The summed E-state index contributed by atoms with van der Waals surface area (Å²) in [7, 11) is 0. The summed E-state index contributed by atoms with van der Waals surface area (Å²) in [5.74, 6) is -0.676. The Morgan fingerprint density at radius 3 is 1.73 bits per heavy atom. The molecule has 22 heavy (non-hydrogen) atoms. The summed E-state index contributed by atoms with van der Waals surface area (Å²) in [5.41, 5.74) is 10.9. The number of ketones is 1. The van der Waals surface area contributed by atoms with Gasteiger partial charge in [-0.25, -0.2) is 0 Å². The second kappa shape index (κ2) is 12.1. The second-order valence-corrected chi connectivity index (χ2v) is 5.49. The summed E-state index contributed by atoms with van der Waals surface area (Å²) in [4.78, 5) is 35.1. The quantitative estimate of drug-likeness (QED) is 0.372. The van der Waals surface area contributed by atoms with E-state index in [9.17, 15) is 14.4 Å². The average Bonchev–Trinajstić information content (AvgIpc) is 2.44. The molecule has 0 aliphatic heterocycles. The van der Waals surface area contributed by atoms with Crippen molar-refractivity contribution in [1.82, 2.24) is 10.6 Å². The van der Waals surface area contributed by atoms with Crippen LogP contribution < -0.4 is 22.1 Å². The molecule has 0 aliphatic carbocycles. The standard InChI is InChI=1S/C15H30N4O3/c1-11(20)13(7-3-5-9-16)19-15(22)14(18-12(2)21)8-4-6-10-17/h13-14H,3-10,16-17H2,1-2H3,(H,18,21)(H,19,22). The van der Waals surface area contributed by atoms with Crippen molar-refractivity contribution in [2.75, 3.05) is 13.1 Å². The van der Waals surface area contributed by atoms with Crippen LogP contribution in [0, 0.1) is 0 Å². The molecule has 0 fully saturated rings. The van der Waals surface area contributed by atoms with E-state index in [1.807, 2.05) is 0 Å². The van der Waals surface area contributed by atoms with Gasteiger partial charge < -0.3 is 22.1 Å². The van der Waals surface area contributed by atoms with Gasteiger partial charge in [0.25, 0.3) is 0 Å². The van der Waals surface area contributed by atoms with Gasteiger partial charge in [0, 0.05) is 6.92 Å². The van der Waals surface area contributed by atoms with Crippen molar-refractivity contribution in [2.24, 2.45) is 11.5 Å². The Bertz CT molecular complexity index is 361. The number of hydrogen-bond acceptors (Lipinski definition) is 5.